The van der Waals surface area contributed by atoms with Crippen molar-refractivity contribution in [2.45, 2.75) is 26.6 Å². The van der Waals surface area contributed by atoms with Gasteiger partial charge in [-0.25, -0.2) is 19.6 Å². The van der Waals surface area contributed by atoms with E-state index >= 15 is 0 Å². The topological polar surface area (TPSA) is 94.9 Å². The molecule has 0 fully saturated rings. The molecule has 0 atom stereocenters. The van der Waals surface area contributed by atoms with Gasteiger partial charge in [0, 0.05) is 18.9 Å². The summed E-state index contributed by atoms with van der Waals surface area (Å²) in [7, 11) is 0. The van der Waals surface area contributed by atoms with Crippen molar-refractivity contribution in [3.8, 4) is 0 Å². The van der Waals surface area contributed by atoms with Gasteiger partial charge >= 0.3 is 11.7 Å². The number of imidazole rings is 2. The maximum atomic E-state index is 13.2. The summed E-state index contributed by atoms with van der Waals surface area (Å²) in [6.45, 7) is 3.37. The van der Waals surface area contributed by atoms with Gasteiger partial charge in [-0.2, -0.15) is 0 Å². The highest BCUT2D eigenvalue weighted by Crippen LogP contribution is 2.16. The molecule has 0 saturated carbocycles. The number of carboxylic acids is 1. The molecule has 0 aliphatic carbocycles. The standard InChI is InChI=1S/C20H19N5O3/c1-2-23-13-21-10-16(23)12-24-17-8-15(19(26)27)9-22-18(17)25(20(24)28)11-14-6-4-3-5-7-14/h3-10,13H,2,11-12H2,1H3,(H,26,27). The number of aromatic carboxylic acids is 1. The minimum Gasteiger partial charge on any atom is -0.478 e. The summed E-state index contributed by atoms with van der Waals surface area (Å²) in [5.41, 5.74) is 2.58. The Morgan fingerprint density at radius 2 is 1.89 bits per heavy atom. The highest BCUT2D eigenvalue weighted by atomic mass is 16.4. The zero-order valence-corrected chi connectivity index (χ0v) is 15.3. The van der Waals surface area contributed by atoms with Crippen LogP contribution in [0.2, 0.25) is 0 Å². The van der Waals surface area contributed by atoms with Crippen LogP contribution in [-0.4, -0.2) is 34.7 Å². The molecule has 28 heavy (non-hydrogen) atoms. The molecule has 1 N–H and O–H groups in total. The predicted molar refractivity (Wildman–Crippen MR) is 103 cm³/mol. The molecule has 0 aliphatic heterocycles. The molecule has 0 bridgehead atoms. The maximum Gasteiger partial charge on any atom is 0.337 e. The molecule has 142 valence electrons. The number of aryl methyl sites for hydroxylation is 1. The second-order valence-corrected chi connectivity index (χ2v) is 6.48. The Balaban J connectivity index is 1.89. The molecule has 0 aliphatic rings. The number of carboxylic acid groups (broad SMARTS) is 1. The zero-order valence-electron chi connectivity index (χ0n) is 15.3. The third-order valence-electron chi connectivity index (χ3n) is 4.75. The van der Waals surface area contributed by atoms with Gasteiger partial charge in [0.2, 0.25) is 0 Å². The lowest BCUT2D eigenvalue weighted by molar-refractivity contribution is 0.0696. The number of aromatic nitrogens is 5. The average molecular weight is 377 g/mol. The lowest BCUT2D eigenvalue weighted by atomic mass is 10.2. The molecule has 3 heterocycles. The molecule has 0 amide bonds. The van der Waals surface area contributed by atoms with Gasteiger partial charge in [0.15, 0.2) is 5.65 Å². The molecule has 1 aromatic carbocycles. The number of fused-ring (bicyclic) bond motifs is 1. The molecule has 3 aromatic heterocycles. The van der Waals surface area contributed by atoms with Crippen molar-refractivity contribution in [2.75, 3.05) is 0 Å². The van der Waals surface area contributed by atoms with Gasteiger partial charge in [-0.1, -0.05) is 30.3 Å². The van der Waals surface area contributed by atoms with Gasteiger partial charge < -0.3 is 9.67 Å². The summed E-state index contributed by atoms with van der Waals surface area (Å²) in [6, 6.07) is 11.1. The number of carbonyl (C=O) groups is 1. The fourth-order valence-electron chi connectivity index (χ4n) is 3.30. The van der Waals surface area contributed by atoms with E-state index in [4.69, 9.17) is 0 Å². The van der Waals surface area contributed by atoms with Crippen LogP contribution >= 0.6 is 0 Å². The van der Waals surface area contributed by atoms with Crippen LogP contribution in [0.25, 0.3) is 11.2 Å². The van der Waals surface area contributed by atoms with E-state index in [9.17, 15) is 14.7 Å². The lowest BCUT2D eigenvalue weighted by Gasteiger charge is -2.06. The SMILES string of the molecule is CCn1cncc1Cn1c(=O)n(Cc2ccccc2)c2ncc(C(=O)O)cc21. The van der Waals surface area contributed by atoms with E-state index in [0.717, 1.165) is 17.8 Å². The normalized spacial score (nSPS) is 11.2. The van der Waals surface area contributed by atoms with Crippen molar-refractivity contribution in [3.63, 3.8) is 0 Å². The second-order valence-electron chi connectivity index (χ2n) is 6.48. The van der Waals surface area contributed by atoms with Gasteiger partial charge in [-0.3, -0.25) is 9.13 Å². The maximum absolute atomic E-state index is 13.2. The van der Waals surface area contributed by atoms with E-state index in [-0.39, 0.29) is 17.8 Å². The molecular weight excluding hydrogens is 358 g/mol. The third kappa shape index (κ3) is 3.09. The Hall–Kier alpha value is -3.68. The van der Waals surface area contributed by atoms with Crippen molar-refractivity contribution in [1.82, 2.24) is 23.7 Å². The van der Waals surface area contributed by atoms with Gasteiger partial charge in [-0.05, 0) is 18.6 Å². The molecule has 4 rings (SSSR count). The first-order valence-electron chi connectivity index (χ1n) is 8.93. The summed E-state index contributed by atoms with van der Waals surface area (Å²) >= 11 is 0. The fraction of sp³-hybridized carbons (Fsp3) is 0.200. The average Bonchev–Trinajstić information content (AvgIpc) is 3.26. The summed E-state index contributed by atoms with van der Waals surface area (Å²) in [5, 5.41) is 9.34. The third-order valence-corrected chi connectivity index (χ3v) is 4.75. The quantitative estimate of drug-likeness (QED) is 0.556. The Kier molecular flexibility index (Phi) is 4.52. The molecule has 0 radical (unpaired) electrons. The molecule has 0 saturated heterocycles. The van der Waals surface area contributed by atoms with E-state index in [0.29, 0.717) is 17.7 Å². The molecular formula is C20H19N5O3. The monoisotopic (exact) mass is 377 g/mol. The van der Waals surface area contributed by atoms with Crippen molar-refractivity contribution in [1.29, 1.82) is 0 Å². The summed E-state index contributed by atoms with van der Waals surface area (Å²) in [5.74, 6) is -1.08. The first-order chi connectivity index (χ1) is 13.6. The highest BCUT2D eigenvalue weighted by molar-refractivity contribution is 5.91. The zero-order chi connectivity index (χ0) is 19.7. The van der Waals surface area contributed by atoms with Crippen LogP contribution in [0, 0.1) is 0 Å². The summed E-state index contributed by atoms with van der Waals surface area (Å²) in [4.78, 5) is 33.1. The summed E-state index contributed by atoms with van der Waals surface area (Å²) in [6.07, 6.45) is 4.71. The Bertz CT molecular complexity index is 1200. The van der Waals surface area contributed by atoms with Crippen LogP contribution in [0.15, 0.2) is 59.9 Å². The van der Waals surface area contributed by atoms with Gasteiger partial charge in [0.1, 0.15) is 0 Å². The van der Waals surface area contributed by atoms with Crippen LogP contribution in [0.5, 0.6) is 0 Å². The van der Waals surface area contributed by atoms with Crippen LogP contribution in [-0.2, 0) is 19.6 Å². The molecule has 0 spiro atoms. The van der Waals surface area contributed by atoms with Crippen molar-refractivity contribution in [3.05, 3.63) is 82.4 Å². The van der Waals surface area contributed by atoms with Crippen molar-refractivity contribution < 1.29 is 9.90 Å². The van der Waals surface area contributed by atoms with Crippen LogP contribution in [0.4, 0.5) is 0 Å². The van der Waals surface area contributed by atoms with E-state index in [1.165, 1.54) is 12.3 Å². The van der Waals surface area contributed by atoms with Crippen molar-refractivity contribution >= 4 is 17.1 Å². The molecule has 8 nitrogen and oxygen atoms in total. The number of rotatable bonds is 6. The van der Waals surface area contributed by atoms with Crippen LogP contribution in [0.3, 0.4) is 0 Å². The summed E-state index contributed by atoms with van der Waals surface area (Å²) < 4.78 is 5.07. The minimum absolute atomic E-state index is 0.0436. The molecule has 0 unspecified atom stereocenters. The number of hydrogen-bond acceptors (Lipinski definition) is 4. The van der Waals surface area contributed by atoms with E-state index in [1.807, 2.05) is 41.8 Å². The van der Waals surface area contributed by atoms with Gasteiger partial charge in [-0.15, -0.1) is 0 Å². The van der Waals surface area contributed by atoms with Crippen LogP contribution in [0.1, 0.15) is 28.5 Å². The predicted octanol–water partition coefficient (Wildman–Crippen LogP) is 2.21. The van der Waals surface area contributed by atoms with E-state index < -0.39 is 5.97 Å². The second kappa shape index (κ2) is 7.15. The number of hydrogen-bond donors (Lipinski definition) is 1. The smallest absolute Gasteiger partial charge is 0.337 e. The largest absolute Gasteiger partial charge is 0.478 e. The lowest BCUT2D eigenvalue weighted by Crippen LogP contribution is -2.26. The Labute approximate surface area is 160 Å². The number of nitrogens with zero attached hydrogens (tertiary/aromatic N) is 5. The van der Waals surface area contributed by atoms with E-state index in [1.54, 1.807) is 21.7 Å². The minimum atomic E-state index is -1.08. The number of pyridine rings is 1. The molecule has 8 heteroatoms. The fourth-order valence-corrected chi connectivity index (χ4v) is 3.30. The Morgan fingerprint density at radius 1 is 1.11 bits per heavy atom. The number of benzene rings is 1. The van der Waals surface area contributed by atoms with Gasteiger partial charge in [0.05, 0.1) is 36.2 Å². The first-order valence-corrected chi connectivity index (χ1v) is 8.93. The van der Waals surface area contributed by atoms with Crippen LogP contribution < -0.4 is 5.69 Å². The van der Waals surface area contributed by atoms with E-state index in [2.05, 4.69) is 9.97 Å². The Morgan fingerprint density at radius 3 is 2.61 bits per heavy atom. The first kappa shape index (κ1) is 17.7. The van der Waals surface area contributed by atoms with Gasteiger partial charge in [0.25, 0.3) is 0 Å². The highest BCUT2D eigenvalue weighted by Gasteiger charge is 2.18. The molecule has 4 aromatic rings. The van der Waals surface area contributed by atoms with Crippen molar-refractivity contribution in [2.24, 2.45) is 0 Å².